The molecule has 1 aliphatic heterocycles. The van der Waals surface area contributed by atoms with Crippen LogP contribution in [0.2, 0.25) is 5.02 Å². The fourth-order valence-electron chi connectivity index (χ4n) is 3.60. The topological polar surface area (TPSA) is 59.9 Å². The molecule has 0 aliphatic carbocycles. The van der Waals surface area contributed by atoms with Crippen molar-refractivity contribution in [3.63, 3.8) is 0 Å². The van der Waals surface area contributed by atoms with Crippen LogP contribution >= 0.6 is 23.2 Å². The first kappa shape index (κ1) is 23.5. The van der Waals surface area contributed by atoms with Crippen molar-refractivity contribution in [1.82, 2.24) is 0 Å². The molecular formula is C24H26Cl2N2O3. The maximum absolute atomic E-state index is 13.2. The number of rotatable bonds is 9. The molecule has 2 aromatic carbocycles. The maximum Gasteiger partial charge on any atom is 0.273 e. The number of hydrogen-bond acceptors (Lipinski definition) is 5. The minimum atomic E-state index is -1.41. The van der Waals surface area contributed by atoms with Crippen molar-refractivity contribution in [3.05, 3.63) is 77.0 Å². The minimum Gasteiger partial charge on any atom is -0.333 e. The number of halogens is 2. The zero-order valence-corrected chi connectivity index (χ0v) is 19.3. The number of hydrogen-bond donors (Lipinski definition) is 1. The number of nitrogens with zero attached hydrogens (tertiary/aromatic N) is 1. The van der Waals surface area contributed by atoms with Crippen molar-refractivity contribution < 1.29 is 14.3 Å². The van der Waals surface area contributed by atoms with Crippen molar-refractivity contribution in [2.24, 2.45) is 4.99 Å². The largest absolute Gasteiger partial charge is 0.333 e. The molecule has 0 spiro atoms. The second kappa shape index (κ2) is 9.96. The minimum absolute atomic E-state index is 0.118. The average molecular weight is 461 g/mol. The molecule has 1 atom stereocenters. The van der Waals surface area contributed by atoms with Gasteiger partial charge < -0.3 is 14.8 Å². The van der Waals surface area contributed by atoms with Gasteiger partial charge >= 0.3 is 0 Å². The Morgan fingerprint density at radius 1 is 1.10 bits per heavy atom. The highest BCUT2D eigenvalue weighted by molar-refractivity contribution is 6.48. The van der Waals surface area contributed by atoms with Crippen LogP contribution in [-0.4, -0.2) is 35.5 Å². The van der Waals surface area contributed by atoms with E-state index in [-0.39, 0.29) is 12.2 Å². The van der Waals surface area contributed by atoms with E-state index in [0.717, 1.165) is 5.69 Å². The Kier molecular flexibility index (Phi) is 7.55. The molecule has 0 radical (unpaired) electrons. The van der Waals surface area contributed by atoms with E-state index < -0.39 is 10.8 Å². The number of carbonyl (C=O) groups excluding carboxylic acids is 1. The van der Waals surface area contributed by atoms with Crippen LogP contribution in [-0.2, 0) is 9.47 Å². The summed E-state index contributed by atoms with van der Waals surface area (Å²) in [7, 11) is 0. The van der Waals surface area contributed by atoms with E-state index in [1.165, 1.54) is 0 Å². The molecule has 3 rings (SSSR count). The summed E-state index contributed by atoms with van der Waals surface area (Å²) in [6.07, 6.45) is 1.90. The van der Waals surface area contributed by atoms with Crippen molar-refractivity contribution >= 4 is 40.4 Å². The number of Topliss-reactive ketones (excluding diaryl/α,β-unsaturated/α-hetero) is 1. The van der Waals surface area contributed by atoms with Crippen molar-refractivity contribution in [1.29, 1.82) is 0 Å². The van der Waals surface area contributed by atoms with Gasteiger partial charge in [-0.05, 0) is 63.2 Å². The van der Waals surface area contributed by atoms with Crippen LogP contribution < -0.4 is 5.32 Å². The summed E-state index contributed by atoms with van der Waals surface area (Å²) in [5, 5.41) is 3.89. The number of anilines is 1. The van der Waals surface area contributed by atoms with E-state index >= 15 is 0 Å². The van der Waals surface area contributed by atoms with Crippen LogP contribution in [0.15, 0.2) is 71.4 Å². The second-order valence-corrected chi connectivity index (χ2v) is 8.30. The summed E-state index contributed by atoms with van der Waals surface area (Å²) in [5.41, 5.74) is 2.21. The number of benzene rings is 2. The first-order valence-corrected chi connectivity index (χ1v) is 11.0. The molecule has 0 bridgehead atoms. The highest BCUT2D eigenvalue weighted by atomic mass is 35.5. The monoisotopic (exact) mass is 460 g/mol. The molecule has 164 valence electrons. The molecule has 5 nitrogen and oxygen atoms in total. The van der Waals surface area contributed by atoms with E-state index in [0.29, 0.717) is 35.2 Å². The lowest BCUT2D eigenvalue weighted by atomic mass is 9.89. The third-order valence-corrected chi connectivity index (χ3v) is 5.61. The molecule has 7 heteroatoms. The van der Waals surface area contributed by atoms with Gasteiger partial charge in [-0.1, -0.05) is 29.8 Å². The quantitative estimate of drug-likeness (QED) is 0.279. The third-order valence-electron chi connectivity index (χ3n) is 4.87. The fraction of sp³-hybridized carbons (Fsp3) is 0.333. The summed E-state index contributed by atoms with van der Waals surface area (Å²) in [6.45, 7) is 6.23. The van der Waals surface area contributed by atoms with Gasteiger partial charge in [-0.2, -0.15) is 0 Å². The van der Waals surface area contributed by atoms with Gasteiger partial charge in [0.2, 0.25) is 5.78 Å². The van der Waals surface area contributed by atoms with Gasteiger partial charge in [0.15, 0.2) is 0 Å². The standard InChI is InChI=1S/C24H26Cl2N2O3/c1-4-30-24(31-5-2,28-20-9-7-6-8-10-20)23(26)15-17(3)27-21(16-23)22(29)18-11-13-19(25)14-12-18/h6-15,28H,4-5,16H2,1-3H3. The first-order valence-electron chi connectivity index (χ1n) is 10.2. The normalized spacial score (nSPS) is 18.9. The molecule has 0 aromatic heterocycles. The Morgan fingerprint density at radius 2 is 1.71 bits per heavy atom. The lowest BCUT2D eigenvalue weighted by Gasteiger charge is -2.46. The predicted octanol–water partition coefficient (Wildman–Crippen LogP) is 6.09. The molecule has 2 aromatic rings. The molecule has 1 heterocycles. The Labute approximate surface area is 193 Å². The SMILES string of the molecule is CCOC(Nc1ccccc1)(OCC)C1(Cl)C=C(C)N=C(C(=O)c2ccc(Cl)cc2)C1. The molecule has 0 amide bonds. The Balaban J connectivity index is 2.00. The van der Waals surface area contributed by atoms with Gasteiger partial charge in [0.1, 0.15) is 4.87 Å². The van der Waals surface area contributed by atoms with E-state index in [1.54, 1.807) is 37.3 Å². The van der Waals surface area contributed by atoms with Crippen LogP contribution in [0.4, 0.5) is 5.69 Å². The summed E-state index contributed by atoms with van der Waals surface area (Å²) in [5.74, 6) is -1.63. The molecule has 31 heavy (non-hydrogen) atoms. The number of ketones is 1. The molecule has 0 fully saturated rings. The van der Waals surface area contributed by atoms with Crippen molar-refractivity contribution in [2.45, 2.75) is 38.0 Å². The summed E-state index contributed by atoms with van der Waals surface area (Å²) in [4.78, 5) is 16.4. The van der Waals surface area contributed by atoms with Crippen molar-refractivity contribution in [3.8, 4) is 0 Å². The Bertz CT molecular complexity index is 968. The molecule has 1 N–H and O–H groups in total. The molecule has 0 saturated heterocycles. The molecular weight excluding hydrogens is 435 g/mol. The van der Waals surface area contributed by atoms with Crippen LogP contribution in [0.5, 0.6) is 0 Å². The van der Waals surface area contributed by atoms with Gasteiger partial charge in [-0.15, -0.1) is 11.6 Å². The van der Waals surface area contributed by atoms with Gasteiger partial charge in [0.05, 0.1) is 5.71 Å². The third kappa shape index (κ3) is 5.18. The zero-order valence-electron chi connectivity index (χ0n) is 17.8. The zero-order chi connectivity index (χ0) is 22.5. The summed E-state index contributed by atoms with van der Waals surface area (Å²) in [6, 6.07) is 16.3. The number of carbonyl (C=O) groups is 1. The Morgan fingerprint density at radius 3 is 2.29 bits per heavy atom. The maximum atomic E-state index is 13.2. The average Bonchev–Trinajstić information content (AvgIpc) is 2.74. The number of ether oxygens (including phenoxy) is 2. The number of aliphatic imine (C=N–C) groups is 1. The lowest BCUT2D eigenvalue weighted by Crippen LogP contribution is -2.60. The van der Waals surface area contributed by atoms with E-state index in [2.05, 4.69) is 10.3 Å². The van der Waals surface area contributed by atoms with E-state index in [9.17, 15) is 4.79 Å². The molecule has 1 unspecified atom stereocenters. The highest BCUT2D eigenvalue weighted by Gasteiger charge is 2.54. The van der Waals surface area contributed by atoms with Crippen LogP contribution in [0, 0.1) is 0 Å². The van der Waals surface area contributed by atoms with Gasteiger partial charge in [-0.25, -0.2) is 0 Å². The number of para-hydroxylation sites is 1. The van der Waals surface area contributed by atoms with Crippen LogP contribution in [0.25, 0.3) is 0 Å². The second-order valence-electron chi connectivity index (χ2n) is 7.19. The molecule has 0 saturated carbocycles. The Hall–Kier alpha value is -2.18. The fourth-order valence-corrected chi connectivity index (χ4v) is 4.16. The lowest BCUT2D eigenvalue weighted by molar-refractivity contribution is -0.227. The molecule has 1 aliphatic rings. The van der Waals surface area contributed by atoms with E-state index in [1.807, 2.05) is 44.2 Å². The van der Waals surface area contributed by atoms with Gasteiger partial charge in [0.25, 0.3) is 5.91 Å². The summed E-state index contributed by atoms with van der Waals surface area (Å²) < 4.78 is 12.2. The highest BCUT2D eigenvalue weighted by Crippen LogP contribution is 2.43. The number of allylic oxidation sites excluding steroid dienone is 1. The smallest absolute Gasteiger partial charge is 0.273 e. The van der Waals surface area contributed by atoms with Crippen LogP contribution in [0.1, 0.15) is 37.6 Å². The number of nitrogens with one attached hydrogen (secondary N) is 1. The van der Waals surface area contributed by atoms with Crippen LogP contribution in [0.3, 0.4) is 0 Å². The van der Waals surface area contributed by atoms with Gasteiger partial charge in [0, 0.05) is 41.6 Å². The van der Waals surface area contributed by atoms with E-state index in [4.69, 9.17) is 32.7 Å². The number of alkyl halides is 1. The van der Waals surface area contributed by atoms with Gasteiger partial charge in [-0.3, -0.25) is 9.79 Å². The first-order chi connectivity index (χ1) is 14.8. The van der Waals surface area contributed by atoms with Crippen molar-refractivity contribution in [2.75, 3.05) is 18.5 Å². The predicted molar refractivity (Wildman–Crippen MR) is 126 cm³/mol. The summed E-state index contributed by atoms with van der Waals surface area (Å²) >= 11 is 13.2.